The molecule has 0 aromatic heterocycles. The molecular formula is C16H19F2N3O4. The molecule has 2 unspecified atom stereocenters. The number of carboxylic acids is 1. The number of nitrogens with one attached hydrogen (secondary N) is 2. The first-order valence-corrected chi connectivity index (χ1v) is 7.76. The van der Waals surface area contributed by atoms with Crippen LogP contribution in [0.25, 0.3) is 0 Å². The molecule has 9 heteroatoms. The van der Waals surface area contributed by atoms with Crippen LogP contribution >= 0.6 is 0 Å². The molecule has 1 fully saturated rings. The van der Waals surface area contributed by atoms with Gasteiger partial charge in [-0.3, -0.25) is 9.59 Å². The van der Waals surface area contributed by atoms with E-state index < -0.39 is 35.7 Å². The zero-order valence-electron chi connectivity index (χ0n) is 13.6. The number of nitrogens with zero attached hydrogens (tertiary/aromatic N) is 1. The lowest BCUT2D eigenvalue weighted by molar-refractivity contribution is -0.137. The number of carbonyl (C=O) groups excluding carboxylic acids is 2. The van der Waals surface area contributed by atoms with Gasteiger partial charge in [0.1, 0.15) is 0 Å². The zero-order chi connectivity index (χ0) is 18.6. The Bertz CT molecular complexity index is 683. The number of benzene rings is 1. The number of likely N-dealkylation sites (N-methyl/N-ethyl adjacent to an activating group) is 1. The number of urea groups is 1. The Kier molecular flexibility index (Phi) is 5.89. The number of amides is 3. The van der Waals surface area contributed by atoms with Crippen molar-refractivity contribution in [3.8, 4) is 0 Å². The Hall–Kier alpha value is -2.71. The topological polar surface area (TPSA) is 98.7 Å². The lowest BCUT2D eigenvalue weighted by Crippen LogP contribution is -2.44. The van der Waals surface area contributed by atoms with E-state index in [1.54, 1.807) is 0 Å². The summed E-state index contributed by atoms with van der Waals surface area (Å²) >= 11 is 0. The maximum atomic E-state index is 13.5. The average Bonchev–Trinajstić information content (AvgIpc) is 2.81. The van der Waals surface area contributed by atoms with Crippen molar-refractivity contribution in [2.45, 2.75) is 31.3 Å². The van der Waals surface area contributed by atoms with Gasteiger partial charge in [-0.15, -0.1) is 0 Å². The highest BCUT2D eigenvalue weighted by molar-refractivity contribution is 5.82. The highest BCUT2D eigenvalue weighted by Crippen LogP contribution is 2.32. The number of hydrogen-bond donors (Lipinski definition) is 3. The molecule has 0 bridgehead atoms. The van der Waals surface area contributed by atoms with Gasteiger partial charge >= 0.3 is 12.0 Å². The molecule has 3 N–H and O–H groups in total. The average molecular weight is 355 g/mol. The molecule has 0 saturated carbocycles. The largest absolute Gasteiger partial charge is 0.481 e. The highest BCUT2D eigenvalue weighted by atomic mass is 19.2. The maximum Gasteiger partial charge on any atom is 0.315 e. The number of halogens is 2. The molecule has 3 amide bonds. The van der Waals surface area contributed by atoms with Gasteiger partial charge in [-0.2, -0.15) is 0 Å². The minimum atomic E-state index is -1.03. The van der Waals surface area contributed by atoms with Crippen LogP contribution in [-0.4, -0.2) is 47.5 Å². The fraction of sp³-hybridized carbons (Fsp3) is 0.438. The molecule has 7 nitrogen and oxygen atoms in total. The van der Waals surface area contributed by atoms with E-state index in [2.05, 4.69) is 10.6 Å². The van der Waals surface area contributed by atoms with E-state index in [9.17, 15) is 23.2 Å². The molecule has 1 aliphatic rings. The van der Waals surface area contributed by atoms with Crippen molar-refractivity contribution in [2.75, 3.05) is 13.6 Å². The van der Waals surface area contributed by atoms with Crippen molar-refractivity contribution in [2.24, 2.45) is 0 Å². The fourth-order valence-corrected chi connectivity index (χ4v) is 2.81. The van der Waals surface area contributed by atoms with Crippen LogP contribution in [0, 0.1) is 11.6 Å². The molecular weight excluding hydrogens is 336 g/mol. The van der Waals surface area contributed by atoms with E-state index >= 15 is 0 Å². The lowest BCUT2D eigenvalue weighted by Gasteiger charge is -2.26. The molecule has 136 valence electrons. The number of aliphatic carboxylic acids is 1. The molecule has 1 aromatic carbocycles. The molecule has 1 heterocycles. The van der Waals surface area contributed by atoms with E-state index in [4.69, 9.17) is 5.11 Å². The fourth-order valence-electron chi connectivity index (χ4n) is 2.81. The first-order valence-electron chi connectivity index (χ1n) is 7.76. The van der Waals surface area contributed by atoms with Crippen LogP contribution in [0.15, 0.2) is 18.2 Å². The van der Waals surface area contributed by atoms with E-state index in [0.717, 1.165) is 12.1 Å². The minimum absolute atomic E-state index is 0.0305. The second kappa shape index (κ2) is 7.91. The molecule has 0 radical (unpaired) electrons. The second-order valence-electron chi connectivity index (χ2n) is 5.83. The van der Waals surface area contributed by atoms with Crippen molar-refractivity contribution in [1.82, 2.24) is 15.5 Å². The van der Waals surface area contributed by atoms with Crippen molar-refractivity contribution in [1.29, 1.82) is 0 Å². The van der Waals surface area contributed by atoms with Crippen molar-refractivity contribution < 1.29 is 28.3 Å². The zero-order valence-corrected chi connectivity index (χ0v) is 13.6. The molecule has 0 aliphatic carbocycles. The van der Waals surface area contributed by atoms with Crippen LogP contribution in [0.5, 0.6) is 0 Å². The summed E-state index contributed by atoms with van der Waals surface area (Å²) in [6.07, 6.45) is 0.240. The molecule has 1 aliphatic heterocycles. The van der Waals surface area contributed by atoms with Crippen LogP contribution in [0.2, 0.25) is 0 Å². The summed E-state index contributed by atoms with van der Waals surface area (Å²) in [4.78, 5) is 35.7. The monoisotopic (exact) mass is 355 g/mol. The van der Waals surface area contributed by atoms with Crippen molar-refractivity contribution in [3.05, 3.63) is 35.4 Å². The normalized spacial score (nSPS) is 19.8. The van der Waals surface area contributed by atoms with E-state index in [1.165, 1.54) is 18.0 Å². The third kappa shape index (κ3) is 4.65. The van der Waals surface area contributed by atoms with Crippen molar-refractivity contribution >= 4 is 17.9 Å². The van der Waals surface area contributed by atoms with E-state index in [1.807, 2.05) is 0 Å². The summed E-state index contributed by atoms with van der Waals surface area (Å²) in [6.45, 7) is 0.171. The number of carboxylic acid groups (broad SMARTS) is 1. The number of carbonyl (C=O) groups is 3. The molecule has 2 rings (SSSR count). The Morgan fingerprint density at radius 2 is 2.04 bits per heavy atom. The Morgan fingerprint density at radius 3 is 2.68 bits per heavy atom. The first-order chi connectivity index (χ1) is 11.8. The Morgan fingerprint density at radius 1 is 1.32 bits per heavy atom. The Balaban J connectivity index is 2.02. The molecule has 1 saturated heterocycles. The van der Waals surface area contributed by atoms with Gasteiger partial charge in [0, 0.05) is 26.4 Å². The van der Waals surface area contributed by atoms with Gasteiger partial charge in [0.05, 0.1) is 12.1 Å². The maximum absolute atomic E-state index is 13.5. The lowest BCUT2D eigenvalue weighted by atomic mass is 10.00. The van der Waals surface area contributed by atoms with Gasteiger partial charge in [0.2, 0.25) is 5.91 Å². The van der Waals surface area contributed by atoms with Gasteiger partial charge in [-0.25, -0.2) is 13.6 Å². The predicted molar refractivity (Wildman–Crippen MR) is 83.7 cm³/mol. The van der Waals surface area contributed by atoms with Gasteiger partial charge < -0.3 is 20.6 Å². The van der Waals surface area contributed by atoms with Crippen molar-refractivity contribution in [3.63, 3.8) is 0 Å². The minimum Gasteiger partial charge on any atom is -0.481 e. The third-order valence-electron chi connectivity index (χ3n) is 4.04. The van der Waals surface area contributed by atoms with Crippen LogP contribution < -0.4 is 10.6 Å². The van der Waals surface area contributed by atoms with E-state index in [0.29, 0.717) is 5.56 Å². The van der Waals surface area contributed by atoms with Crippen LogP contribution in [0.3, 0.4) is 0 Å². The third-order valence-corrected chi connectivity index (χ3v) is 4.04. The summed E-state index contributed by atoms with van der Waals surface area (Å²) in [5.74, 6) is -3.20. The predicted octanol–water partition coefficient (Wildman–Crippen LogP) is 1.40. The second-order valence-corrected chi connectivity index (χ2v) is 5.83. The highest BCUT2D eigenvalue weighted by Gasteiger charge is 2.39. The number of hydrogen-bond acceptors (Lipinski definition) is 3. The molecule has 0 spiro atoms. The quantitative estimate of drug-likeness (QED) is 0.672. The number of rotatable bonds is 6. The SMILES string of the molecule is CN1C(=O)CC(NC(=O)NCCCC(=O)O)C1c1ccc(F)c(F)c1. The van der Waals surface area contributed by atoms with Crippen LogP contribution in [0.4, 0.5) is 13.6 Å². The number of likely N-dealkylation sites (tertiary alicyclic amines) is 1. The smallest absolute Gasteiger partial charge is 0.315 e. The standard InChI is InChI=1S/C16H19F2N3O4/c1-21-13(22)8-12(20-16(25)19-6-2-3-14(23)24)15(21)9-4-5-10(17)11(18)7-9/h4-5,7,12,15H,2-3,6,8H2,1H3,(H,23,24)(H2,19,20,25). The van der Waals surface area contributed by atoms with Gasteiger partial charge in [-0.1, -0.05) is 6.07 Å². The molecule has 2 atom stereocenters. The van der Waals surface area contributed by atoms with Crippen LogP contribution in [-0.2, 0) is 9.59 Å². The van der Waals surface area contributed by atoms with Gasteiger partial charge in [-0.05, 0) is 24.1 Å². The summed E-state index contributed by atoms with van der Waals surface area (Å²) in [5.41, 5.74) is 0.378. The molecule has 1 aromatic rings. The first kappa shape index (κ1) is 18.6. The van der Waals surface area contributed by atoms with Gasteiger partial charge in [0.15, 0.2) is 11.6 Å². The van der Waals surface area contributed by atoms with E-state index in [-0.39, 0.29) is 31.7 Å². The van der Waals surface area contributed by atoms with Gasteiger partial charge in [0.25, 0.3) is 0 Å². The summed E-state index contributed by atoms with van der Waals surface area (Å²) in [6, 6.07) is 1.58. The summed E-state index contributed by atoms with van der Waals surface area (Å²) in [7, 11) is 1.53. The Labute approximate surface area is 143 Å². The molecule has 25 heavy (non-hydrogen) atoms. The summed E-state index contributed by atoms with van der Waals surface area (Å²) < 4.78 is 26.6. The summed E-state index contributed by atoms with van der Waals surface area (Å²) in [5, 5.41) is 13.7. The van der Waals surface area contributed by atoms with Crippen LogP contribution in [0.1, 0.15) is 30.9 Å².